The summed E-state index contributed by atoms with van der Waals surface area (Å²) in [5.74, 6) is 0. The fourth-order valence-electron chi connectivity index (χ4n) is 3.33. The van der Waals surface area contributed by atoms with Crippen molar-refractivity contribution in [2.24, 2.45) is 4.99 Å². The summed E-state index contributed by atoms with van der Waals surface area (Å²) in [7, 11) is 0. The summed E-state index contributed by atoms with van der Waals surface area (Å²) in [4.78, 5) is 5.01. The average molecular weight is 323 g/mol. The largest absolute Gasteiger partial charge is 0.252 e. The minimum atomic E-state index is 0.836. The van der Waals surface area contributed by atoms with Gasteiger partial charge in [-0.3, -0.25) is 4.99 Å². The molecular formula is C24H21N. The SMILES string of the molecule is Cc1ccc(C2=Nc3ccccc3C=C(c3ccccc3C)C2)cc1. The van der Waals surface area contributed by atoms with E-state index < -0.39 is 0 Å². The first-order chi connectivity index (χ1) is 12.2. The Kier molecular flexibility index (Phi) is 4.07. The van der Waals surface area contributed by atoms with E-state index in [4.69, 9.17) is 4.99 Å². The molecule has 0 amide bonds. The molecule has 1 aliphatic rings. The van der Waals surface area contributed by atoms with E-state index in [2.05, 4.69) is 92.7 Å². The lowest BCUT2D eigenvalue weighted by atomic mass is 9.93. The van der Waals surface area contributed by atoms with Gasteiger partial charge in [-0.2, -0.15) is 0 Å². The number of benzene rings is 3. The van der Waals surface area contributed by atoms with Crippen molar-refractivity contribution in [3.8, 4) is 0 Å². The maximum Gasteiger partial charge on any atom is 0.0705 e. The van der Waals surface area contributed by atoms with Gasteiger partial charge in [-0.05, 0) is 48.3 Å². The first-order valence-corrected chi connectivity index (χ1v) is 8.71. The highest BCUT2D eigenvalue weighted by Crippen LogP contribution is 2.33. The molecule has 0 fully saturated rings. The van der Waals surface area contributed by atoms with Crippen molar-refractivity contribution in [1.82, 2.24) is 0 Å². The van der Waals surface area contributed by atoms with E-state index in [0.717, 1.165) is 17.8 Å². The first-order valence-electron chi connectivity index (χ1n) is 8.71. The first kappa shape index (κ1) is 15.6. The standard InChI is InChI=1S/C24H21N/c1-17-11-13-19(14-12-17)24-16-21(22-9-5-3-7-18(22)2)15-20-8-4-6-10-23(20)25-24/h3-15H,16H2,1-2H3. The van der Waals surface area contributed by atoms with Crippen LogP contribution >= 0.6 is 0 Å². The second-order valence-corrected chi connectivity index (χ2v) is 6.64. The lowest BCUT2D eigenvalue weighted by molar-refractivity contribution is 1.36. The molecule has 0 bridgehead atoms. The van der Waals surface area contributed by atoms with E-state index in [1.165, 1.54) is 33.4 Å². The fraction of sp³-hybridized carbons (Fsp3) is 0.125. The highest BCUT2D eigenvalue weighted by molar-refractivity contribution is 6.11. The zero-order valence-corrected chi connectivity index (χ0v) is 14.7. The van der Waals surface area contributed by atoms with Crippen LogP contribution in [0.25, 0.3) is 11.6 Å². The van der Waals surface area contributed by atoms with Crippen LogP contribution < -0.4 is 0 Å². The van der Waals surface area contributed by atoms with E-state index in [1.54, 1.807) is 0 Å². The Morgan fingerprint density at radius 1 is 0.760 bits per heavy atom. The molecule has 0 aromatic heterocycles. The van der Waals surface area contributed by atoms with Gasteiger partial charge in [-0.1, -0.05) is 72.3 Å². The zero-order valence-electron chi connectivity index (χ0n) is 14.7. The van der Waals surface area contributed by atoms with Gasteiger partial charge in [0.1, 0.15) is 0 Å². The van der Waals surface area contributed by atoms with E-state index >= 15 is 0 Å². The van der Waals surface area contributed by atoms with Crippen molar-refractivity contribution in [2.45, 2.75) is 20.3 Å². The Hall–Kier alpha value is -2.93. The quantitative estimate of drug-likeness (QED) is 0.519. The number of para-hydroxylation sites is 1. The lowest BCUT2D eigenvalue weighted by Gasteiger charge is -2.12. The molecule has 0 saturated heterocycles. The number of nitrogens with zero attached hydrogens (tertiary/aromatic N) is 1. The number of fused-ring (bicyclic) bond motifs is 1. The fourth-order valence-corrected chi connectivity index (χ4v) is 3.33. The number of hydrogen-bond acceptors (Lipinski definition) is 1. The van der Waals surface area contributed by atoms with E-state index in [1.807, 2.05) is 0 Å². The summed E-state index contributed by atoms with van der Waals surface area (Å²) in [6.45, 7) is 4.29. The van der Waals surface area contributed by atoms with Gasteiger partial charge in [-0.25, -0.2) is 0 Å². The summed E-state index contributed by atoms with van der Waals surface area (Å²) in [6, 6.07) is 25.7. The molecule has 1 heteroatoms. The molecular weight excluding hydrogens is 302 g/mol. The van der Waals surface area contributed by atoms with E-state index in [-0.39, 0.29) is 0 Å². The van der Waals surface area contributed by atoms with Crippen molar-refractivity contribution in [3.05, 3.63) is 101 Å². The summed E-state index contributed by atoms with van der Waals surface area (Å²) < 4.78 is 0. The highest BCUT2D eigenvalue weighted by atomic mass is 14.8. The summed E-state index contributed by atoms with van der Waals surface area (Å²) in [5.41, 5.74) is 9.75. The normalized spacial score (nSPS) is 13.5. The molecule has 0 N–H and O–H groups in total. The second kappa shape index (κ2) is 6.52. The predicted octanol–water partition coefficient (Wildman–Crippen LogP) is 6.37. The molecule has 3 aromatic carbocycles. The monoisotopic (exact) mass is 323 g/mol. The Bertz CT molecular complexity index is 975. The number of aryl methyl sites for hydroxylation is 2. The third kappa shape index (κ3) is 3.18. The smallest absolute Gasteiger partial charge is 0.0705 e. The summed E-state index contributed by atoms with van der Waals surface area (Å²) in [5, 5.41) is 0. The van der Waals surface area contributed by atoms with Crippen molar-refractivity contribution in [3.63, 3.8) is 0 Å². The minimum Gasteiger partial charge on any atom is -0.252 e. The Morgan fingerprint density at radius 3 is 2.28 bits per heavy atom. The Morgan fingerprint density at radius 2 is 1.48 bits per heavy atom. The van der Waals surface area contributed by atoms with Crippen LogP contribution in [0, 0.1) is 13.8 Å². The van der Waals surface area contributed by atoms with Crippen LogP contribution in [-0.2, 0) is 0 Å². The molecule has 0 aliphatic carbocycles. The molecule has 122 valence electrons. The van der Waals surface area contributed by atoms with Gasteiger partial charge in [-0.15, -0.1) is 0 Å². The minimum absolute atomic E-state index is 0.836. The van der Waals surface area contributed by atoms with Crippen molar-refractivity contribution in [2.75, 3.05) is 0 Å². The second-order valence-electron chi connectivity index (χ2n) is 6.64. The van der Waals surface area contributed by atoms with Crippen LogP contribution in [0.3, 0.4) is 0 Å². The third-order valence-corrected chi connectivity index (χ3v) is 4.76. The molecule has 0 unspecified atom stereocenters. The molecule has 0 spiro atoms. The van der Waals surface area contributed by atoms with Gasteiger partial charge in [0.25, 0.3) is 0 Å². The van der Waals surface area contributed by atoms with Crippen molar-refractivity contribution >= 4 is 23.0 Å². The topological polar surface area (TPSA) is 12.4 Å². The molecule has 0 saturated carbocycles. The molecule has 0 atom stereocenters. The Balaban J connectivity index is 1.88. The van der Waals surface area contributed by atoms with Crippen molar-refractivity contribution in [1.29, 1.82) is 0 Å². The van der Waals surface area contributed by atoms with Crippen LogP contribution in [0.15, 0.2) is 77.8 Å². The van der Waals surface area contributed by atoms with E-state index in [9.17, 15) is 0 Å². The zero-order chi connectivity index (χ0) is 17.2. The van der Waals surface area contributed by atoms with Gasteiger partial charge < -0.3 is 0 Å². The maximum atomic E-state index is 5.01. The number of rotatable bonds is 2. The van der Waals surface area contributed by atoms with Crippen LogP contribution in [0.5, 0.6) is 0 Å². The molecule has 1 nitrogen and oxygen atoms in total. The summed E-state index contributed by atoms with van der Waals surface area (Å²) in [6.07, 6.45) is 3.13. The van der Waals surface area contributed by atoms with Crippen LogP contribution in [0.1, 0.15) is 34.2 Å². The number of hydrogen-bond donors (Lipinski definition) is 0. The van der Waals surface area contributed by atoms with E-state index in [0.29, 0.717) is 0 Å². The van der Waals surface area contributed by atoms with Gasteiger partial charge in [0.05, 0.1) is 11.4 Å². The van der Waals surface area contributed by atoms with Gasteiger partial charge >= 0.3 is 0 Å². The highest BCUT2D eigenvalue weighted by Gasteiger charge is 2.15. The van der Waals surface area contributed by atoms with Crippen molar-refractivity contribution < 1.29 is 0 Å². The molecule has 3 aromatic rings. The van der Waals surface area contributed by atoms with Gasteiger partial charge in [0.2, 0.25) is 0 Å². The molecule has 25 heavy (non-hydrogen) atoms. The molecule has 0 radical (unpaired) electrons. The van der Waals surface area contributed by atoms with Gasteiger partial charge in [0, 0.05) is 12.0 Å². The molecule has 4 rings (SSSR count). The van der Waals surface area contributed by atoms with Crippen LogP contribution in [0.4, 0.5) is 5.69 Å². The van der Waals surface area contributed by atoms with Gasteiger partial charge in [0.15, 0.2) is 0 Å². The van der Waals surface area contributed by atoms with Crippen LogP contribution in [0.2, 0.25) is 0 Å². The lowest BCUT2D eigenvalue weighted by Crippen LogP contribution is -2.02. The number of allylic oxidation sites excluding steroid dienone is 1. The molecule has 1 heterocycles. The maximum absolute atomic E-state index is 5.01. The Labute approximate surface area is 149 Å². The third-order valence-electron chi connectivity index (χ3n) is 4.76. The summed E-state index contributed by atoms with van der Waals surface area (Å²) >= 11 is 0. The molecule has 1 aliphatic heterocycles. The number of aliphatic imine (C=N–C) groups is 1. The predicted molar refractivity (Wildman–Crippen MR) is 107 cm³/mol. The van der Waals surface area contributed by atoms with Crippen LogP contribution in [-0.4, -0.2) is 5.71 Å². The average Bonchev–Trinajstić information content (AvgIpc) is 2.82.